The lowest BCUT2D eigenvalue weighted by Crippen LogP contribution is -2.56. The number of aryl methyl sites for hydroxylation is 1. The average Bonchev–Trinajstić information content (AvgIpc) is 2.43. The fourth-order valence-corrected chi connectivity index (χ4v) is 2.55. The van der Waals surface area contributed by atoms with Crippen LogP contribution in [0.4, 0.5) is 0 Å². The summed E-state index contributed by atoms with van der Waals surface area (Å²) < 4.78 is 0. The molecule has 0 bridgehead atoms. The smallest absolute Gasteiger partial charge is 0.305 e. The summed E-state index contributed by atoms with van der Waals surface area (Å²) in [4.78, 5) is 24.6. The first kappa shape index (κ1) is 14.5. The fraction of sp³-hybridized carbons (Fsp3) is 0.467. The van der Waals surface area contributed by atoms with Gasteiger partial charge in [-0.05, 0) is 24.9 Å². The highest BCUT2D eigenvalue weighted by atomic mass is 16.4. The maximum atomic E-state index is 11.8. The summed E-state index contributed by atoms with van der Waals surface area (Å²) in [6, 6.07) is 9.64. The van der Waals surface area contributed by atoms with Gasteiger partial charge in [0.1, 0.15) is 0 Å². The molecule has 2 N–H and O–H groups in total. The summed E-state index contributed by atoms with van der Waals surface area (Å²) in [5.41, 5.74) is 1.27. The van der Waals surface area contributed by atoms with Crippen molar-refractivity contribution in [1.29, 1.82) is 0 Å². The second kappa shape index (κ2) is 7.05. The number of aliphatic carboxylic acids is 1. The van der Waals surface area contributed by atoms with Crippen LogP contribution in [0.3, 0.4) is 0 Å². The first-order valence-electron chi connectivity index (χ1n) is 6.94. The van der Waals surface area contributed by atoms with E-state index in [-0.39, 0.29) is 12.3 Å². The highest BCUT2D eigenvalue weighted by molar-refractivity contribution is 5.86. The lowest BCUT2D eigenvalue weighted by atomic mass is 10.1. The molecule has 0 saturated carbocycles. The Hall–Kier alpha value is -1.88. The van der Waals surface area contributed by atoms with Gasteiger partial charge in [-0.2, -0.15) is 0 Å². The Bertz CT molecular complexity index is 461. The number of hydrogen-bond donors (Lipinski definition) is 2. The van der Waals surface area contributed by atoms with Gasteiger partial charge in [-0.1, -0.05) is 30.3 Å². The van der Waals surface area contributed by atoms with Crippen molar-refractivity contribution in [2.45, 2.75) is 25.3 Å². The maximum Gasteiger partial charge on any atom is 0.305 e. The van der Waals surface area contributed by atoms with Gasteiger partial charge in [-0.3, -0.25) is 14.5 Å². The third-order valence-corrected chi connectivity index (χ3v) is 3.56. The molecule has 5 heteroatoms. The topological polar surface area (TPSA) is 69.6 Å². The van der Waals surface area contributed by atoms with Crippen molar-refractivity contribution in [3.8, 4) is 0 Å². The Morgan fingerprint density at radius 2 is 2.10 bits per heavy atom. The minimum Gasteiger partial charge on any atom is -0.481 e. The predicted molar refractivity (Wildman–Crippen MR) is 75.4 cm³/mol. The van der Waals surface area contributed by atoms with Crippen LogP contribution in [0.25, 0.3) is 0 Å². The number of carboxylic acid groups (broad SMARTS) is 1. The molecular formula is C15H20N2O3. The van der Waals surface area contributed by atoms with E-state index in [2.05, 4.69) is 17.4 Å². The average molecular weight is 276 g/mol. The van der Waals surface area contributed by atoms with Crippen molar-refractivity contribution >= 4 is 11.9 Å². The highest BCUT2D eigenvalue weighted by Crippen LogP contribution is 2.11. The number of piperazine rings is 1. The summed E-state index contributed by atoms with van der Waals surface area (Å²) in [5.74, 6) is -1.10. The fourth-order valence-electron chi connectivity index (χ4n) is 2.55. The minimum atomic E-state index is -0.930. The molecule has 0 aliphatic carbocycles. The van der Waals surface area contributed by atoms with Crippen molar-refractivity contribution in [2.75, 3.05) is 19.6 Å². The quantitative estimate of drug-likeness (QED) is 0.810. The van der Waals surface area contributed by atoms with Crippen molar-refractivity contribution in [1.82, 2.24) is 10.2 Å². The molecule has 0 aromatic heterocycles. The molecule has 2 rings (SSSR count). The van der Waals surface area contributed by atoms with Gasteiger partial charge in [0.15, 0.2) is 0 Å². The molecule has 1 aliphatic rings. The molecule has 1 saturated heterocycles. The van der Waals surface area contributed by atoms with Gasteiger partial charge in [-0.25, -0.2) is 0 Å². The van der Waals surface area contributed by atoms with E-state index in [1.165, 1.54) is 5.56 Å². The summed E-state index contributed by atoms with van der Waals surface area (Å²) in [5, 5.41) is 11.6. The normalized spacial score (nSPS) is 19.6. The Kier molecular flexibility index (Phi) is 5.12. The molecule has 1 fully saturated rings. The van der Waals surface area contributed by atoms with E-state index in [1.54, 1.807) is 0 Å². The van der Waals surface area contributed by atoms with Gasteiger partial charge < -0.3 is 10.4 Å². The molecule has 1 atom stereocenters. The van der Waals surface area contributed by atoms with Crippen LogP contribution < -0.4 is 5.32 Å². The zero-order valence-corrected chi connectivity index (χ0v) is 11.4. The summed E-state index contributed by atoms with van der Waals surface area (Å²) in [6.07, 6.45) is 1.74. The molecule has 5 nitrogen and oxygen atoms in total. The largest absolute Gasteiger partial charge is 0.481 e. The molecule has 1 heterocycles. The third-order valence-electron chi connectivity index (χ3n) is 3.56. The molecule has 1 aromatic rings. The van der Waals surface area contributed by atoms with Gasteiger partial charge in [-0.15, -0.1) is 0 Å². The molecule has 108 valence electrons. The summed E-state index contributed by atoms with van der Waals surface area (Å²) >= 11 is 0. The second-order valence-corrected chi connectivity index (χ2v) is 5.03. The lowest BCUT2D eigenvalue weighted by Gasteiger charge is -2.34. The van der Waals surface area contributed by atoms with Gasteiger partial charge >= 0.3 is 5.97 Å². The molecule has 0 radical (unpaired) electrons. The summed E-state index contributed by atoms with van der Waals surface area (Å²) in [7, 11) is 0. The van der Waals surface area contributed by atoms with Crippen molar-refractivity contribution < 1.29 is 14.7 Å². The van der Waals surface area contributed by atoms with Crippen LogP contribution in [0, 0.1) is 0 Å². The Morgan fingerprint density at radius 3 is 2.80 bits per heavy atom. The van der Waals surface area contributed by atoms with E-state index >= 15 is 0 Å². The molecule has 1 amide bonds. The molecule has 0 spiro atoms. The van der Waals surface area contributed by atoms with Crippen molar-refractivity contribution in [3.05, 3.63) is 35.9 Å². The number of nitrogens with zero attached hydrogens (tertiary/aromatic N) is 1. The lowest BCUT2D eigenvalue weighted by molar-refractivity contribution is -0.143. The number of hydrogen-bond acceptors (Lipinski definition) is 3. The van der Waals surface area contributed by atoms with E-state index < -0.39 is 12.0 Å². The monoisotopic (exact) mass is 276 g/mol. The Morgan fingerprint density at radius 1 is 1.35 bits per heavy atom. The first-order valence-corrected chi connectivity index (χ1v) is 6.94. The number of nitrogens with one attached hydrogen (secondary N) is 1. The second-order valence-electron chi connectivity index (χ2n) is 5.03. The van der Waals surface area contributed by atoms with Crippen LogP contribution in [0.5, 0.6) is 0 Å². The number of benzene rings is 1. The van der Waals surface area contributed by atoms with Gasteiger partial charge in [0, 0.05) is 13.1 Å². The van der Waals surface area contributed by atoms with Crippen molar-refractivity contribution in [3.63, 3.8) is 0 Å². The zero-order valence-electron chi connectivity index (χ0n) is 11.4. The van der Waals surface area contributed by atoms with Crippen LogP contribution in [0.15, 0.2) is 30.3 Å². The third kappa shape index (κ3) is 4.06. The number of amides is 1. The highest BCUT2D eigenvalue weighted by Gasteiger charge is 2.30. The van der Waals surface area contributed by atoms with Gasteiger partial charge in [0.25, 0.3) is 0 Å². The van der Waals surface area contributed by atoms with E-state index in [4.69, 9.17) is 5.11 Å². The van der Waals surface area contributed by atoms with E-state index in [1.807, 2.05) is 23.1 Å². The van der Waals surface area contributed by atoms with Crippen LogP contribution >= 0.6 is 0 Å². The van der Waals surface area contributed by atoms with E-state index in [9.17, 15) is 9.59 Å². The number of carbonyl (C=O) groups excluding carboxylic acids is 1. The van der Waals surface area contributed by atoms with Gasteiger partial charge in [0.05, 0.1) is 12.5 Å². The number of carbonyl (C=O) groups is 2. The number of carboxylic acids is 1. The maximum absolute atomic E-state index is 11.8. The number of rotatable bonds is 6. The van der Waals surface area contributed by atoms with Crippen LogP contribution in [0.2, 0.25) is 0 Å². The van der Waals surface area contributed by atoms with E-state index in [0.29, 0.717) is 6.54 Å². The van der Waals surface area contributed by atoms with Crippen LogP contribution in [0.1, 0.15) is 18.4 Å². The Labute approximate surface area is 118 Å². The molecule has 20 heavy (non-hydrogen) atoms. The first-order chi connectivity index (χ1) is 9.66. The SMILES string of the molecule is O=C(O)CC1C(=O)NCCN1CCCc1ccccc1. The molecule has 1 unspecified atom stereocenters. The standard InChI is InChI=1S/C15H20N2O3/c18-14(19)11-13-15(20)16-8-10-17(13)9-4-7-12-5-2-1-3-6-12/h1-3,5-6,13H,4,7-11H2,(H,16,20)(H,18,19). The Balaban J connectivity index is 1.86. The summed E-state index contributed by atoms with van der Waals surface area (Å²) in [6.45, 7) is 2.07. The van der Waals surface area contributed by atoms with E-state index in [0.717, 1.165) is 25.9 Å². The molecular weight excluding hydrogens is 256 g/mol. The zero-order chi connectivity index (χ0) is 14.4. The predicted octanol–water partition coefficient (Wildman–Crippen LogP) is 0.894. The van der Waals surface area contributed by atoms with Crippen molar-refractivity contribution in [2.24, 2.45) is 0 Å². The van der Waals surface area contributed by atoms with Crippen LogP contribution in [-0.4, -0.2) is 47.6 Å². The molecule has 1 aromatic carbocycles. The van der Waals surface area contributed by atoms with Gasteiger partial charge in [0.2, 0.25) is 5.91 Å². The van der Waals surface area contributed by atoms with Crippen LogP contribution in [-0.2, 0) is 16.0 Å². The minimum absolute atomic E-state index is 0.128. The molecule has 1 aliphatic heterocycles.